The van der Waals surface area contributed by atoms with E-state index in [4.69, 9.17) is 0 Å². The summed E-state index contributed by atoms with van der Waals surface area (Å²) < 4.78 is 0. The van der Waals surface area contributed by atoms with Crippen molar-refractivity contribution >= 4 is 5.91 Å². The number of hydrogen-bond acceptors (Lipinski definition) is 4. The third-order valence-corrected chi connectivity index (χ3v) is 7.48. The smallest absolute Gasteiger partial charge is 0.249 e. The van der Waals surface area contributed by atoms with Crippen LogP contribution in [0.5, 0.6) is 0 Å². The first kappa shape index (κ1) is 35.4. The molecule has 0 fully saturated rings. The van der Waals surface area contributed by atoms with Crippen LogP contribution in [0.15, 0.2) is 0 Å². The molecule has 4 N–H and O–H groups in total. The van der Waals surface area contributed by atoms with Crippen LogP contribution < -0.4 is 5.32 Å². The minimum Gasteiger partial charge on any atom is -0.394 e. The Balaban J connectivity index is 3.72. The maximum atomic E-state index is 12.3. The average Bonchev–Trinajstić information content (AvgIpc) is 2.88. The second kappa shape index (κ2) is 27.4. The SMILES string of the molecule is CCCCCCCCCCCCCCC[C@@H](O)[C@H](CO)NC(=O)C(O)CCCCCCCCCCC. The van der Waals surface area contributed by atoms with Crippen LogP contribution in [0.1, 0.15) is 168 Å². The molecule has 0 heterocycles. The van der Waals surface area contributed by atoms with Gasteiger partial charge in [-0.05, 0) is 12.8 Å². The molecule has 0 aliphatic rings. The number of aliphatic hydroxyl groups excluding tert-OH is 3. The molecule has 5 heteroatoms. The van der Waals surface area contributed by atoms with Gasteiger partial charge in [-0.25, -0.2) is 0 Å². The lowest BCUT2D eigenvalue weighted by molar-refractivity contribution is -0.131. The van der Waals surface area contributed by atoms with Crippen LogP contribution in [0.4, 0.5) is 0 Å². The fourth-order valence-electron chi connectivity index (χ4n) is 4.89. The summed E-state index contributed by atoms with van der Waals surface area (Å²) in [6.07, 6.45) is 26.5. The van der Waals surface area contributed by atoms with Crippen molar-refractivity contribution in [3.8, 4) is 0 Å². The largest absolute Gasteiger partial charge is 0.394 e. The summed E-state index contributed by atoms with van der Waals surface area (Å²) in [5.41, 5.74) is 0. The molecule has 0 saturated heterocycles. The van der Waals surface area contributed by atoms with Crippen LogP contribution in [0.25, 0.3) is 0 Å². The van der Waals surface area contributed by atoms with E-state index in [1.54, 1.807) is 0 Å². The van der Waals surface area contributed by atoms with Gasteiger partial charge in [0.05, 0.1) is 18.8 Å². The Kier molecular flexibility index (Phi) is 26.9. The maximum Gasteiger partial charge on any atom is 0.249 e. The number of carbonyl (C=O) groups excluding carboxylic acids is 1. The van der Waals surface area contributed by atoms with E-state index in [0.29, 0.717) is 12.8 Å². The van der Waals surface area contributed by atoms with Gasteiger partial charge >= 0.3 is 0 Å². The van der Waals surface area contributed by atoms with Gasteiger partial charge in [-0.15, -0.1) is 0 Å². The molecule has 1 unspecified atom stereocenters. The number of nitrogens with one attached hydrogen (secondary N) is 1. The van der Waals surface area contributed by atoms with Gasteiger partial charge < -0.3 is 20.6 Å². The van der Waals surface area contributed by atoms with Crippen LogP contribution in [-0.4, -0.2) is 46.1 Å². The molecule has 1 amide bonds. The molecule has 0 spiro atoms. The lowest BCUT2D eigenvalue weighted by Crippen LogP contribution is -2.49. The van der Waals surface area contributed by atoms with Gasteiger partial charge in [0.15, 0.2) is 0 Å². The zero-order valence-electron chi connectivity index (χ0n) is 24.2. The van der Waals surface area contributed by atoms with Gasteiger partial charge in [0.25, 0.3) is 0 Å². The molecule has 216 valence electrons. The summed E-state index contributed by atoms with van der Waals surface area (Å²) in [4.78, 5) is 12.3. The lowest BCUT2D eigenvalue weighted by atomic mass is 10.0. The minimum atomic E-state index is -1.06. The highest BCUT2D eigenvalue weighted by molar-refractivity contribution is 5.80. The average molecular weight is 514 g/mol. The molecule has 3 atom stereocenters. The predicted molar refractivity (Wildman–Crippen MR) is 153 cm³/mol. The Bertz CT molecular complexity index is 460. The van der Waals surface area contributed by atoms with Crippen LogP contribution in [0.2, 0.25) is 0 Å². The Morgan fingerprint density at radius 3 is 1.25 bits per heavy atom. The first-order chi connectivity index (χ1) is 17.6. The normalized spacial score (nSPS) is 14.0. The number of amides is 1. The van der Waals surface area contributed by atoms with Gasteiger partial charge in [0.2, 0.25) is 5.91 Å². The molecule has 0 aliphatic heterocycles. The van der Waals surface area contributed by atoms with Crippen molar-refractivity contribution in [1.82, 2.24) is 5.32 Å². The molecule has 0 aromatic rings. The minimum absolute atomic E-state index is 0.309. The van der Waals surface area contributed by atoms with Crippen LogP contribution in [0.3, 0.4) is 0 Å². The summed E-state index contributed by atoms with van der Waals surface area (Å²) in [5, 5.41) is 32.9. The summed E-state index contributed by atoms with van der Waals surface area (Å²) in [6, 6.07) is -0.701. The van der Waals surface area contributed by atoms with Gasteiger partial charge in [0.1, 0.15) is 6.10 Å². The Hall–Kier alpha value is -0.650. The fraction of sp³-hybridized carbons (Fsp3) is 0.968. The Labute approximate surface area is 224 Å². The first-order valence-corrected chi connectivity index (χ1v) is 15.8. The molecule has 36 heavy (non-hydrogen) atoms. The van der Waals surface area contributed by atoms with Crippen LogP contribution >= 0.6 is 0 Å². The van der Waals surface area contributed by atoms with Gasteiger partial charge in [-0.2, -0.15) is 0 Å². The number of aliphatic hydroxyl groups is 3. The topological polar surface area (TPSA) is 89.8 Å². The summed E-state index contributed by atoms with van der Waals surface area (Å²) >= 11 is 0. The second-order valence-corrected chi connectivity index (χ2v) is 11.0. The van der Waals surface area contributed by atoms with E-state index in [2.05, 4.69) is 19.2 Å². The standard InChI is InChI=1S/C31H63NO4/c1-3-5-7-9-11-13-14-15-16-18-19-21-23-25-29(34)28(27-33)32-31(36)30(35)26-24-22-20-17-12-10-8-6-4-2/h28-30,33-35H,3-27H2,1-2H3,(H,32,36)/t28-,29+,30?/m0/s1. The van der Waals surface area contributed by atoms with Crippen molar-refractivity contribution < 1.29 is 20.1 Å². The third kappa shape index (κ3) is 22.5. The van der Waals surface area contributed by atoms with Crippen molar-refractivity contribution in [2.24, 2.45) is 0 Å². The molecule has 5 nitrogen and oxygen atoms in total. The van der Waals surface area contributed by atoms with Gasteiger partial charge in [-0.3, -0.25) is 4.79 Å². The van der Waals surface area contributed by atoms with Gasteiger partial charge in [-0.1, -0.05) is 155 Å². The fourth-order valence-corrected chi connectivity index (χ4v) is 4.89. The zero-order chi connectivity index (χ0) is 26.7. The highest BCUT2D eigenvalue weighted by atomic mass is 16.3. The van der Waals surface area contributed by atoms with E-state index < -0.39 is 24.2 Å². The number of hydrogen-bond donors (Lipinski definition) is 4. The Morgan fingerprint density at radius 1 is 0.556 bits per heavy atom. The zero-order valence-corrected chi connectivity index (χ0v) is 24.2. The van der Waals surface area contributed by atoms with Crippen molar-refractivity contribution in [2.75, 3.05) is 6.61 Å². The quantitative estimate of drug-likeness (QED) is 0.0811. The monoisotopic (exact) mass is 513 g/mol. The molecule has 0 saturated carbocycles. The van der Waals surface area contributed by atoms with E-state index in [0.717, 1.165) is 32.1 Å². The van der Waals surface area contributed by atoms with E-state index in [1.165, 1.54) is 109 Å². The van der Waals surface area contributed by atoms with Crippen molar-refractivity contribution in [1.29, 1.82) is 0 Å². The van der Waals surface area contributed by atoms with E-state index in [1.807, 2.05) is 0 Å². The summed E-state index contributed by atoms with van der Waals surface area (Å²) in [5.74, 6) is -0.474. The third-order valence-electron chi connectivity index (χ3n) is 7.48. The molecule has 0 radical (unpaired) electrons. The molecule has 0 bridgehead atoms. The highest BCUT2D eigenvalue weighted by Crippen LogP contribution is 2.15. The molecular formula is C31H63NO4. The number of carbonyl (C=O) groups is 1. The summed E-state index contributed by atoms with van der Waals surface area (Å²) in [6.45, 7) is 4.18. The predicted octanol–water partition coefficient (Wildman–Crippen LogP) is 7.59. The van der Waals surface area contributed by atoms with Gasteiger partial charge in [0, 0.05) is 0 Å². The Morgan fingerprint density at radius 2 is 0.889 bits per heavy atom. The van der Waals surface area contributed by atoms with Crippen LogP contribution in [-0.2, 0) is 4.79 Å². The van der Waals surface area contributed by atoms with Crippen molar-refractivity contribution in [3.63, 3.8) is 0 Å². The molecule has 0 aromatic heterocycles. The summed E-state index contributed by atoms with van der Waals surface area (Å²) in [7, 11) is 0. The molecular weight excluding hydrogens is 450 g/mol. The van der Waals surface area contributed by atoms with Crippen molar-refractivity contribution in [2.45, 2.75) is 186 Å². The highest BCUT2D eigenvalue weighted by Gasteiger charge is 2.23. The van der Waals surface area contributed by atoms with Crippen molar-refractivity contribution in [3.05, 3.63) is 0 Å². The van der Waals surface area contributed by atoms with E-state index in [9.17, 15) is 20.1 Å². The molecule has 0 aliphatic carbocycles. The second-order valence-electron chi connectivity index (χ2n) is 11.0. The first-order valence-electron chi connectivity index (χ1n) is 15.8. The van der Waals surface area contributed by atoms with E-state index >= 15 is 0 Å². The lowest BCUT2D eigenvalue weighted by Gasteiger charge is -2.23. The number of rotatable bonds is 28. The van der Waals surface area contributed by atoms with E-state index in [-0.39, 0.29) is 6.61 Å². The molecule has 0 aromatic carbocycles. The molecule has 0 rings (SSSR count). The maximum absolute atomic E-state index is 12.3. The van der Waals surface area contributed by atoms with Crippen LogP contribution in [0, 0.1) is 0 Å². The number of unbranched alkanes of at least 4 members (excludes halogenated alkanes) is 20.